The average molecular weight is 270 g/mol. The Morgan fingerprint density at radius 2 is 1.74 bits per heavy atom. The number of hydrogen-bond acceptors (Lipinski definition) is 3. The molecular formula is C14H26N2O3. The Balaban J connectivity index is 2.79. The van der Waals surface area contributed by atoms with E-state index in [1.165, 1.54) is 0 Å². The molecule has 0 radical (unpaired) electrons. The number of rotatable bonds is 5. The fourth-order valence-electron chi connectivity index (χ4n) is 2.74. The number of amides is 1. The molecule has 1 aliphatic rings. The molecule has 0 aromatic rings. The Morgan fingerprint density at radius 1 is 1.21 bits per heavy atom. The standard InChI is InChI=1S/C14H26N2O3/c1-10(2)11(12(17)18)16-13(19)14(9-15)7-5-3-4-6-8-14/h10-11H,3-9,15H2,1-2H3,(H,16,19)(H,17,18)/t11-/m0/s1. The molecule has 0 bridgehead atoms. The van der Waals surface area contributed by atoms with Crippen LogP contribution in [0.15, 0.2) is 0 Å². The van der Waals surface area contributed by atoms with Gasteiger partial charge in [0.25, 0.3) is 0 Å². The van der Waals surface area contributed by atoms with Gasteiger partial charge in [0.05, 0.1) is 5.41 Å². The van der Waals surface area contributed by atoms with Gasteiger partial charge in [-0.25, -0.2) is 4.79 Å². The molecule has 110 valence electrons. The summed E-state index contributed by atoms with van der Waals surface area (Å²) in [6.07, 6.45) is 5.76. The van der Waals surface area contributed by atoms with Crippen LogP contribution in [0, 0.1) is 11.3 Å². The molecule has 1 aliphatic carbocycles. The summed E-state index contributed by atoms with van der Waals surface area (Å²) in [5.74, 6) is -1.30. The molecule has 1 fully saturated rings. The summed E-state index contributed by atoms with van der Waals surface area (Å²) in [6.45, 7) is 3.88. The monoisotopic (exact) mass is 270 g/mol. The van der Waals surface area contributed by atoms with Crippen LogP contribution in [0.25, 0.3) is 0 Å². The first kappa shape index (κ1) is 16.0. The summed E-state index contributed by atoms with van der Waals surface area (Å²) in [5.41, 5.74) is 5.26. The minimum absolute atomic E-state index is 0.137. The van der Waals surface area contributed by atoms with Crippen LogP contribution >= 0.6 is 0 Å². The lowest BCUT2D eigenvalue weighted by atomic mass is 9.79. The number of nitrogens with two attached hydrogens (primary N) is 1. The molecule has 0 spiro atoms. The number of aliphatic carboxylic acids is 1. The Hall–Kier alpha value is -1.10. The van der Waals surface area contributed by atoms with Crippen LogP contribution in [0.3, 0.4) is 0 Å². The van der Waals surface area contributed by atoms with Crippen LogP contribution in [0.2, 0.25) is 0 Å². The zero-order valence-electron chi connectivity index (χ0n) is 11.9. The summed E-state index contributed by atoms with van der Waals surface area (Å²) in [5, 5.41) is 11.8. The molecule has 0 aromatic heterocycles. The molecule has 1 saturated carbocycles. The van der Waals surface area contributed by atoms with E-state index in [2.05, 4.69) is 5.32 Å². The van der Waals surface area contributed by atoms with Crippen molar-refractivity contribution in [3.8, 4) is 0 Å². The van der Waals surface area contributed by atoms with Gasteiger partial charge in [0.1, 0.15) is 6.04 Å². The van der Waals surface area contributed by atoms with Gasteiger partial charge in [0.15, 0.2) is 0 Å². The van der Waals surface area contributed by atoms with Gasteiger partial charge in [-0.15, -0.1) is 0 Å². The molecule has 4 N–H and O–H groups in total. The average Bonchev–Trinajstić information content (AvgIpc) is 2.61. The maximum Gasteiger partial charge on any atom is 0.326 e. The van der Waals surface area contributed by atoms with Crippen molar-refractivity contribution in [1.29, 1.82) is 0 Å². The summed E-state index contributed by atoms with van der Waals surface area (Å²) >= 11 is 0. The van der Waals surface area contributed by atoms with E-state index in [0.29, 0.717) is 6.54 Å². The molecule has 1 amide bonds. The van der Waals surface area contributed by atoms with Gasteiger partial charge in [0.2, 0.25) is 5.91 Å². The number of nitrogens with one attached hydrogen (secondary N) is 1. The highest BCUT2D eigenvalue weighted by Crippen LogP contribution is 2.34. The highest BCUT2D eigenvalue weighted by atomic mass is 16.4. The molecule has 0 aliphatic heterocycles. The Labute approximate surface area is 114 Å². The summed E-state index contributed by atoms with van der Waals surface area (Å²) in [4.78, 5) is 23.6. The van der Waals surface area contributed by atoms with Gasteiger partial charge in [-0.1, -0.05) is 39.5 Å². The second kappa shape index (κ2) is 6.89. The summed E-state index contributed by atoms with van der Waals surface area (Å²) in [6, 6.07) is -0.834. The number of carbonyl (C=O) groups is 2. The van der Waals surface area contributed by atoms with Crippen LogP contribution in [0.5, 0.6) is 0 Å². The molecule has 0 unspecified atom stereocenters. The smallest absolute Gasteiger partial charge is 0.326 e. The first-order chi connectivity index (χ1) is 8.93. The van der Waals surface area contributed by atoms with Crippen LogP contribution < -0.4 is 11.1 Å². The largest absolute Gasteiger partial charge is 0.480 e. The molecule has 5 nitrogen and oxygen atoms in total. The Bertz CT molecular complexity index is 321. The highest BCUT2D eigenvalue weighted by Gasteiger charge is 2.39. The maximum absolute atomic E-state index is 12.5. The predicted molar refractivity (Wildman–Crippen MR) is 73.6 cm³/mol. The second-order valence-corrected chi connectivity index (χ2v) is 5.93. The summed E-state index contributed by atoms with van der Waals surface area (Å²) in [7, 11) is 0. The molecule has 19 heavy (non-hydrogen) atoms. The van der Waals surface area contributed by atoms with Crippen molar-refractivity contribution in [2.45, 2.75) is 58.4 Å². The molecule has 1 rings (SSSR count). The second-order valence-electron chi connectivity index (χ2n) is 5.93. The van der Waals surface area contributed by atoms with E-state index in [0.717, 1.165) is 38.5 Å². The lowest BCUT2D eigenvalue weighted by molar-refractivity contribution is -0.145. The number of carbonyl (C=O) groups excluding carboxylic acids is 1. The van der Waals surface area contributed by atoms with Crippen LogP contribution in [0.4, 0.5) is 0 Å². The van der Waals surface area contributed by atoms with E-state index >= 15 is 0 Å². The first-order valence-electron chi connectivity index (χ1n) is 7.17. The molecule has 5 heteroatoms. The van der Waals surface area contributed by atoms with Crippen molar-refractivity contribution in [2.24, 2.45) is 17.1 Å². The van der Waals surface area contributed by atoms with Gasteiger partial charge >= 0.3 is 5.97 Å². The van der Waals surface area contributed by atoms with E-state index in [-0.39, 0.29) is 11.8 Å². The lowest BCUT2D eigenvalue weighted by Gasteiger charge is -2.32. The van der Waals surface area contributed by atoms with Crippen molar-refractivity contribution >= 4 is 11.9 Å². The molecule has 1 atom stereocenters. The van der Waals surface area contributed by atoms with Crippen LogP contribution in [-0.4, -0.2) is 29.6 Å². The third kappa shape index (κ3) is 3.93. The molecular weight excluding hydrogens is 244 g/mol. The third-order valence-electron chi connectivity index (χ3n) is 4.15. The number of carboxylic acid groups (broad SMARTS) is 1. The third-order valence-corrected chi connectivity index (χ3v) is 4.15. The fourth-order valence-corrected chi connectivity index (χ4v) is 2.74. The predicted octanol–water partition coefficient (Wildman–Crippen LogP) is 1.51. The number of hydrogen-bond donors (Lipinski definition) is 3. The fraction of sp³-hybridized carbons (Fsp3) is 0.857. The van der Waals surface area contributed by atoms with Gasteiger partial charge < -0.3 is 16.2 Å². The SMILES string of the molecule is CC(C)[C@H](NC(=O)C1(CN)CCCCCC1)C(=O)O. The van der Waals surface area contributed by atoms with Gasteiger partial charge in [-0.05, 0) is 18.8 Å². The van der Waals surface area contributed by atoms with Crippen molar-refractivity contribution in [2.75, 3.05) is 6.54 Å². The minimum atomic E-state index is -0.982. The Kier molecular flexibility index (Phi) is 5.79. The van der Waals surface area contributed by atoms with Gasteiger partial charge in [-0.2, -0.15) is 0 Å². The van der Waals surface area contributed by atoms with E-state index in [1.54, 1.807) is 13.8 Å². The highest BCUT2D eigenvalue weighted by molar-refractivity contribution is 5.87. The van der Waals surface area contributed by atoms with Crippen molar-refractivity contribution < 1.29 is 14.7 Å². The quantitative estimate of drug-likeness (QED) is 0.660. The first-order valence-corrected chi connectivity index (χ1v) is 7.17. The lowest BCUT2D eigenvalue weighted by Crippen LogP contribution is -2.53. The topological polar surface area (TPSA) is 92.4 Å². The normalized spacial score (nSPS) is 20.6. The maximum atomic E-state index is 12.5. The molecule has 0 aromatic carbocycles. The Morgan fingerprint density at radius 3 is 2.11 bits per heavy atom. The van der Waals surface area contributed by atoms with Gasteiger partial charge in [0, 0.05) is 6.54 Å². The molecule has 0 saturated heterocycles. The van der Waals surface area contributed by atoms with Crippen LogP contribution in [0.1, 0.15) is 52.4 Å². The van der Waals surface area contributed by atoms with Crippen molar-refractivity contribution in [1.82, 2.24) is 5.32 Å². The molecule has 0 heterocycles. The number of carboxylic acids is 1. The van der Waals surface area contributed by atoms with E-state index in [1.807, 2.05) is 0 Å². The van der Waals surface area contributed by atoms with E-state index in [9.17, 15) is 9.59 Å². The van der Waals surface area contributed by atoms with E-state index in [4.69, 9.17) is 10.8 Å². The van der Waals surface area contributed by atoms with Crippen molar-refractivity contribution in [3.05, 3.63) is 0 Å². The van der Waals surface area contributed by atoms with Crippen molar-refractivity contribution in [3.63, 3.8) is 0 Å². The minimum Gasteiger partial charge on any atom is -0.480 e. The summed E-state index contributed by atoms with van der Waals surface area (Å²) < 4.78 is 0. The zero-order chi connectivity index (χ0) is 14.5. The zero-order valence-corrected chi connectivity index (χ0v) is 11.9. The van der Waals surface area contributed by atoms with Gasteiger partial charge in [-0.3, -0.25) is 4.79 Å². The van der Waals surface area contributed by atoms with Crippen LogP contribution in [-0.2, 0) is 9.59 Å². The van der Waals surface area contributed by atoms with E-state index < -0.39 is 17.4 Å².